The Morgan fingerprint density at radius 1 is 1.35 bits per heavy atom. The second-order valence-electron chi connectivity index (χ2n) is 8.79. The zero-order chi connectivity index (χ0) is 22.0. The first-order valence-electron chi connectivity index (χ1n) is 10.7. The smallest absolute Gasteiger partial charge is 0.185 e. The maximum Gasteiger partial charge on any atom is 0.185 e. The van der Waals surface area contributed by atoms with Crippen molar-refractivity contribution >= 4 is 5.57 Å². The number of halogens is 1. The Bertz CT molecular complexity index is 1050. The highest BCUT2D eigenvalue weighted by Gasteiger charge is 2.39. The Hall–Kier alpha value is -3.09. The van der Waals surface area contributed by atoms with Crippen LogP contribution < -0.4 is 0 Å². The van der Waals surface area contributed by atoms with Gasteiger partial charge in [0.2, 0.25) is 0 Å². The van der Waals surface area contributed by atoms with Crippen molar-refractivity contribution in [1.29, 1.82) is 0 Å². The summed E-state index contributed by atoms with van der Waals surface area (Å²) in [5, 5.41) is 18.9. The van der Waals surface area contributed by atoms with Gasteiger partial charge in [0.25, 0.3) is 0 Å². The third-order valence-corrected chi connectivity index (χ3v) is 6.39. The number of allylic oxidation sites excluding steroid dienone is 1. The molecule has 7 heteroatoms. The molecule has 1 saturated carbocycles. The van der Waals surface area contributed by atoms with Crippen molar-refractivity contribution in [3.8, 4) is 22.8 Å². The summed E-state index contributed by atoms with van der Waals surface area (Å²) in [6, 6.07) is 5.21. The Kier molecular flexibility index (Phi) is 5.85. The maximum atomic E-state index is 14.8. The van der Waals surface area contributed by atoms with Crippen molar-refractivity contribution in [2.75, 3.05) is 0 Å². The molecule has 0 radical (unpaired) electrons. The number of phenolic OH excluding ortho intramolecular Hbond substituents is 1. The van der Waals surface area contributed by atoms with E-state index in [0.717, 1.165) is 31.4 Å². The summed E-state index contributed by atoms with van der Waals surface area (Å²) in [5.74, 6) is 0.0867. The Morgan fingerprint density at radius 3 is 2.84 bits per heavy atom. The fraction of sp³-hybridized carbons (Fsp3) is 0.417. The highest BCUT2D eigenvalue weighted by Crippen LogP contribution is 2.47. The number of nitrogens with zero attached hydrogens (tertiary/aromatic N) is 5. The first kappa shape index (κ1) is 21.2. The van der Waals surface area contributed by atoms with Gasteiger partial charge in [-0.1, -0.05) is 26.8 Å². The fourth-order valence-electron chi connectivity index (χ4n) is 4.64. The van der Waals surface area contributed by atoms with E-state index in [9.17, 15) is 9.50 Å². The summed E-state index contributed by atoms with van der Waals surface area (Å²) in [7, 11) is 0. The van der Waals surface area contributed by atoms with Crippen molar-refractivity contribution in [3.05, 3.63) is 55.4 Å². The van der Waals surface area contributed by atoms with Gasteiger partial charge in [0.1, 0.15) is 17.6 Å². The summed E-state index contributed by atoms with van der Waals surface area (Å²) in [6.45, 7) is 8.55. The van der Waals surface area contributed by atoms with E-state index in [1.165, 1.54) is 0 Å². The lowest BCUT2D eigenvalue weighted by Crippen LogP contribution is -2.33. The van der Waals surface area contributed by atoms with Gasteiger partial charge in [-0.05, 0) is 48.8 Å². The van der Waals surface area contributed by atoms with E-state index in [1.54, 1.807) is 41.6 Å². The number of aromatic hydroxyl groups is 1. The molecule has 0 amide bonds. The highest BCUT2D eigenvalue weighted by atomic mass is 19.1. The number of aromatic nitrogens is 5. The predicted molar refractivity (Wildman–Crippen MR) is 118 cm³/mol. The lowest BCUT2D eigenvalue weighted by molar-refractivity contribution is 0.0936. The van der Waals surface area contributed by atoms with E-state index in [4.69, 9.17) is 0 Å². The number of hydrogen-bond donors (Lipinski definition) is 1. The van der Waals surface area contributed by atoms with Crippen LogP contribution in [0.3, 0.4) is 0 Å². The van der Waals surface area contributed by atoms with Crippen LogP contribution in [0.4, 0.5) is 4.39 Å². The van der Waals surface area contributed by atoms with E-state index in [2.05, 4.69) is 40.6 Å². The molecule has 3 atom stereocenters. The average Bonchev–Trinajstić information content (AvgIpc) is 3.30. The molecule has 0 bridgehead atoms. The lowest BCUT2D eigenvalue weighted by atomic mass is 9.66. The molecule has 1 fully saturated rings. The van der Waals surface area contributed by atoms with Crippen molar-refractivity contribution in [2.24, 2.45) is 11.3 Å². The van der Waals surface area contributed by atoms with Crippen LogP contribution in [0.15, 0.2) is 49.7 Å². The minimum absolute atomic E-state index is 0.0472. The van der Waals surface area contributed by atoms with E-state index in [-0.39, 0.29) is 17.1 Å². The van der Waals surface area contributed by atoms with Crippen molar-refractivity contribution in [1.82, 2.24) is 24.7 Å². The van der Waals surface area contributed by atoms with Crippen molar-refractivity contribution < 1.29 is 9.50 Å². The monoisotopic (exact) mass is 421 g/mol. The molecule has 162 valence electrons. The largest absolute Gasteiger partial charge is 0.507 e. The predicted octanol–water partition coefficient (Wildman–Crippen LogP) is 5.39. The van der Waals surface area contributed by atoms with E-state index < -0.39 is 6.17 Å². The molecule has 0 spiro atoms. The van der Waals surface area contributed by atoms with Crippen LogP contribution in [0.1, 0.15) is 51.6 Å². The molecule has 6 nitrogen and oxygen atoms in total. The van der Waals surface area contributed by atoms with E-state index in [1.807, 2.05) is 6.07 Å². The average molecular weight is 422 g/mol. The van der Waals surface area contributed by atoms with Gasteiger partial charge in [-0.3, -0.25) is 0 Å². The van der Waals surface area contributed by atoms with Gasteiger partial charge < -0.3 is 9.67 Å². The maximum absolute atomic E-state index is 14.8. The van der Waals surface area contributed by atoms with Crippen LogP contribution in [0.2, 0.25) is 0 Å². The molecule has 0 unspecified atom stereocenters. The fourth-order valence-corrected chi connectivity index (χ4v) is 4.64. The molecule has 1 N–H and O–H groups in total. The number of benzene rings is 1. The van der Waals surface area contributed by atoms with Crippen LogP contribution in [0.25, 0.3) is 22.6 Å². The van der Waals surface area contributed by atoms with E-state index in [0.29, 0.717) is 29.1 Å². The summed E-state index contributed by atoms with van der Waals surface area (Å²) >= 11 is 0. The second-order valence-corrected chi connectivity index (χ2v) is 8.79. The van der Waals surface area contributed by atoms with Gasteiger partial charge in [0, 0.05) is 24.4 Å². The van der Waals surface area contributed by atoms with Gasteiger partial charge >= 0.3 is 0 Å². The summed E-state index contributed by atoms with van der Waals surface area (Å²) < 4.78 is 16.5. The molecule has 3 aromatic rings. The molecule has 1 aliphatic carbocycles. The quantitative estimate of drug-likeness (QED) is 0.578. The molecular weight excluding hydrogens is 393 g/mol. The molecule has 0 saturated heterocycles. The van der Waals surface area contributed by atoms with Crippen LogP contribution in [0.5, 0.6) is 5.75 Å². The topological polar surface area (TPSA) is 76.7 Å². The summed E-state index contributed by atoms with van der Waals surface area (Å²) in [4.78, 5) is 8.39. The Morgan fingerprint density at radius 2 is 2.19 bits per heavy atom. The molecule has 0 aliphatic heterocycles. The van der Waals surface area contributed by atoms with Gasteiger partial charge in [-0.15, -0.1) is 10.2 Å². The molecular formula is C24H28FN5O. The summed E-state index contributed by atoms with van der Waals surface area (Å²) in [6.07, 6.45) is 10.2. The number of phenols is 1. The molecule has 2 aromatic heterocycles. The number of imidazole rings is 1. The third-order valence-electron chi connectivity index (χ3n) is 6.39. The van der Waals surface area contributed by atoms with Crippen molar-refractivity contribution in [3.63, 3.8) is 0 Å². The number of rotatable bonds is 6. The van der Waals surface area contributed by atoms with Crippen LogP contribution in [0, 0.1) is 11.3 Å². The molecule has 1 aliphatic rings. The van der Waals surface area contributed by atoms with E-state index >= 15 is 0 Å². The Labute approximate surface area is 181 Å². The zero-order valence-corrected chi connectivity index (χ0v) is 18.0. The number of hydrogen-bond acceptors (Lipinski definition) is 5. The lowest BCUT2D eigenvalue weighted by Gasteiger charge is -2.40. The highest BCUT2D eigenvalue weighted by molar-refractivity contribution is 5.67. The molecule has 31 heavy (non-hydrogen) atoms. The van der Waals surface area contributed by atoms with Crippen LogP contribution in [-0.4, -0.2) is 36.0 Å². The molecule has 4 rings (SSSR count). The van der Waals surface area contributed by atoms with Gasteiger partial charge in [0.05, 0.1) is 23.8 Å². The SMILES string of the molecule is C=C(c1cnc(-c2ccc(-n3ccnc3)cc2O)nn1)[C@@H]1C[C@](C)(CCC)CC[C@@H]1F. The number of alkyl halides is 1. The third kappa shape index (κ3) is 4.36. The van der Waals surface area contributed by atoms with Gasteiger partial charge in [0.15, 0.2) is 5.82 Å². The zero-order valence-electron chi connectivity index (χ0n) is 18.0. The van der Waals surface area contributed by atoms with Crippen molar-refractivity contribution in [2.45, 2.75) is 52.1 Å². The van der Waals surface area contributed by atoms with Gasteiger partial charge in [-0.25, -0.2) is 14.4 Å². The summed E-state index contributed by atoms with van der Waals surface area (Å²) in [5.41, 5.74) is 2.55. The van der Waals surface area contributed by atoms with Gasteiger partial charge in [-0.2, -0.15) is 0 Å². The standard InChI is InChI=1S/C24H28FN5O/c1-4-8-24(3)9-7-20(25)19(13-24)16(2)21-14-27-23(29-28-21)18-6-5-17(12-22(18)31)30-11-10-26-15-30/h5-6,10-12,14-15,19-20,31H,2,4,7-9,13H2,1,3H3/t19-,20-,24+/m0/s1. The van der Waals surface area contributed by atoms with Crippen LogP contribution >= 0.6 is 0 Å². The first-order chi connectivity index (χ1) is 14.9. The normalized spacial score (nSPS) is 23.6. The first-order valence-corrected chi connectivity index (χ1v) is 10.7. The minimum Gasteiger partial charge on any atom is -0.507 e. The van der Waals surface area contributed by atoms with Crippen LogP contribution in [-0.2, 0) is 0 Å². The Balaban J connectivity index is 1.53. The second kappa shape index (κ2) is 8.57. The molecule has 2 heterocycles. The molecule has 1 aromatic carbocycles. The minimum atomic E-state index is -0.918.